The minimum atomic E-state index is -0.648. The standard InChI is InChI=1S/C12H18N4O2/c1-8-5-4-6-10(14-8)7-16(3)12(17)9(2)11(13)15-18/h4-6,9,18H,7H2,1-3H3,(H2,13,15). The number of oxime groups is 1. The summed E-state index contributed by atoms with van der Waals surface area (Å²) in [5, 5.41) is 11.4. The third-order valence-corrected chi connectivity index (χ3v) is 2.65. The van der Waals surface area contributed by atoms with Gasteiger partial charge in [0.25, 0.3) is 0 Å². The molecule has 0 bridgehead atoms. The fourth-order valence-electron chi connectivity index (χ4n) is 1.55. The van der Waals surface area contributed by atoms with Gasteiger partial charge >= 0.3 is 0 Å². The van der Waals surface area contributed by atoms with Crippen LogP contribution in [0.25, 0.3) is 0 Å². The second-order valence-electron chi connectivity index (χ2n) is 4.21. The molecule has 1 rings (SSSR count). The summed E-state index contributed by atoms with van der Waals surface area (Å²) in [6.45, 7) is 3.88. The van der Waals surface area contributed by atoms with E-state index in [4.69, 9.17) is 10.9 Å². The zero-order valence-electron chi connectivity index (χ0n) is 10.8. The highest BCUT2D eigenvalue weighted by molar-refractivity contribution is 6.01. The van der Waals surface area contributed by atoms with Crippen LogP contribution in [0.2, 0.25) is 0 Å². The van der Waals surface area contributed by atoms with Gasteiger partial charge in [-0.05, 0) is 26.0 Å². The Morgan fingerprint density at radius 3 is 2.83 bits per heavy atom. The van der Waals surface area contributed by atoms with Gasteiger partial charge in [0, 0.05) is 12.7 Å². The van der Waals surface area contributed by atoms with E-state index in [1.54, 1.807) is 14.0 Å². The number of hydrogen-bond donors (Lipinski definition) is 2. The Labute approximate surface area is 106 Å². The fourth-order valence-corrected chi connectivity index (χ4v) is 1.55. The summed E-state index contributed by atoms with van der Waals surface area (Å²) in [7, 11) is 1.66. The second kappa shape index (κ2) is 6.00. The summed E-state index contributed by atoms with van der Waals surface area (Å²) < 4.78 is 0. The number of aromatic nitrogens is 1. The third kappa shape index (κ3) is 3.44. The van der Waals surface area contributed by atoms with Crippen LogP contribution < -0.4 is 5.73 Å². The van der Waals surface area contributed by atoms with Gasteiger partial charge in [-0.1, -0.05) is 11.2 Å². The topological polar surface area (TPSA) is 91.8 Å². The molecule has 6 heteroatoms. The first-order chi connectivity index (χ1) is 8.45. The summed E-state index contributed by atoms with van der Waals surface area (Å²) in [6.07, 6.45) is 0. The van der Waals surface area contributed by atoms with Crippen molar-refractivity contribution >= 4 is 11.7 Å². The van der Waals surface area contributed by atoms with Gasteiger partial charge in [0.1, 0.15) is 0 Å². The first-order valence-electron chi connectivity index (χ1n) is 5.60. The van der Waals surface area contributed by atoms with Gasteiger partial charge in [0.05, 0.1) is 18.2 Å². The molecule has 1 unspecified atom stereocenters. The molecule has 0 aliphatic carbocycles. The molecule has 1 heterocycles. The van der Waals surface area contributed by atoms with E-state index in [0.29, 0.717) is 6.54 Å². The lowest BCUT2D eigenvalue weighted by molar-refractivity contribution is -0.132. The maximum atomic E-state index is 12.0. The van der Waals surface area contributed by atoms with Crippen LogP contribution in [0.3, 0.4) is 0 Å². The van der Waals surface area contributed by atoms with E-state index in [1.165, 1.54) is 4.90 Å². The van der Waals surface area contributed by atoms with Gasteiger partial charge < -0.3 is 15.8 Å². The Balaban J connectivity index is 2.71. The Hall–Kier alpha value is -2.11. The maximum absolute atomic E-state index is 12.0. The molecule has 1 atom stereocenters. The number of aryl methyl sites for hydroxylation is 1. The quantitative estimate of drug-likeness (QED) is 0.356. The van der Waals surface area contributed by atoms with Gasteiger partial charge in [0.2, 0.25) is 5.91 Å². The highest BCUT2D eigenvalue weighted by Gasteiger charge is 2.21. The number of rotatable bonds is 4. The number of hydrogen-bond acceptors (Lipinski definition) is 4. The number of amidine groups is 1. The average Bonchev–Trinajstić information content (AvgIpc) is 2.36. The maximum Gasteiger partial charge on any atom is 0.233 e. The van der Waals surface area contributed by atoms with E-state index in [1.807, 2.05) is 25.1 Å². The van der Waals surface area contributed by atoms with Gasteiger partial charge in [-0.3, -0.25) is 9.78 Å². The van der Waals surface area contributed by atoms with Crippen molar-refractivity contribution in [3.05, 3.63) is 29.6 Å². The van der Waals surface area contributed by atoms with Crippen molar-refractivity contribution in [2.45, 2.75) is 20.4 Å². The van der Waals surface area contributed by atoms with E-state index in [2.05, 4.69) is 10.1 Å². The molecule has 0 fully saturated rings. The lowest BCUT2D eigenvalue weighted by atomic mass is 10.1. The molecule has 6 nitrogen and oxygen atoms in total. The molecule has 18 heavy (non-hydrogen) atoms. The SMILES string of the molecule is Cc1cccc(CN(C)C(=O)C(C)/C(N)=N/O)n1. The summed E-state index contributed by atoms with van der Waals surface area (Å²) in [6, 6.07) is 5.64. The third-order valence-electron chi connectivity index (χ3n) is 2.65. The average molecular weight is 250 g/mol. The van der Waals surface area contributed by atoms with Gasteiger partial charge in [0.15, 0.2) is 5.84 Å². The number of carbonyl (C=O) groups is 1. The number of pyridine rings is 1. The highest BCUT2D eigenvalue weighted by atomic mass is 16.4. The molecule has 0 spiro atoms. The van der Waals surface area contributed by atoms with E-state index >= 15 is 0 Å². The van der Waals surface area contributed by atoms with Crippen LogP contribution in [-0.2, 0) is 11.3 Å². The van der Waals surface area contributed by atoms with Crippen molar-refractivity contribution in [2.75, 3.05) is 7.05 Å². The summed E-state index contributed by atoms with van der Waals surface area (Å²) in [4.78, 5) is 17.8. The van der Waals surface area contributed by atoms with E-state index < -0.39 is 5.92 Å². The lowest BCUT2D eigenvalue weighted by Gasteiger charge is -2.20. The molecule has 0 saturated carbocycles. The van der Waals surface area contributed by atoms with Crippen LogP contribution in [0.15, 0.2) is 23.4 Å². The zero-order chi connectivity index (χ0) is 13.7. The van der Waals surface area contributed by atoms with Crippen LogP contribution in [0, 0.1) is 12.8 Å². The first-order valence-corrected chi connectivity index (χ1v) is 5.60. The predicted molar refractivity (Wildman–Crippen MR) is 68.0 cm³/mol. The molecule has 0 aliphatic rings. The molecule has 0 aliphatic heterocycles. The molecule has 1 aromatic heterocycles. The molecular formula is C12H18N4O2. The Bertz CT molecular complexity index is 459. The van der Waals surface area contributed by atoms with Gasteiger partial charge in [-0.2, -0.15) is 0 Å². The van der Waals surface area contributed by atoms with Crippen molar-refractivity contribution in [3.63, 3.8) is 0 Å². The zero-order valence-corrected chi connectivity index (χ0v) is 10.8. The molecule has 1 amide bonds. The molecule has 1 aromatic rings. The van der Waals surface area contributed by atoms with Crippen molar-refractivity contribution in [2.24, 2.45) is 16.8 Å². The first kappa shape index (κ1) is 14.0. The van der Waals surface area contributed by atoms with Crippen LogP contribution in [0.1, 0.15) is 18.3 Å². The number of carbonyl (C=O) groups excluding carboxylic acids is 1. The molecular weight excluding hydrogens is 232 g/mol. The smallest absolute Gasteiger partial charge is 0.233 e. The van der Waals surface area contributed by atoms with E-state index in [0.717, 1.165) is 11.4 Å². The van der Waals surface area contributed by atoms with Crippen molar-refractivity contribution < 1.29 is 10.0 Å². The van der Waals surface area contributed by atoms with Crippen LogP contribution >= 0.6 is 0 Å². The van der Waals surface area contributed by atoms with Gasteiger partial charge in [-0.15, -0.1) is 0 Å². The summed E-state index contributed by atoms with van der Waals surface area (Å²) in [5.74, 6) is -0.956. The Kier molecular flexibility index (Phi) is 4.65. The monoisotopic (exact) mass is 250 g/mol. The summed E-state index contributed by atoms with van der Waals surface area (Å²) in [5.41, 5.74) is 7.11. The van der Waals surface area contributed by atoms with Crippen molar-refractivity contribution in [1.29, 1.82) is 0 Å². The van der Waals surface area contributed by atoms with Gasteiger partial charge in [-0.25, -0.2) is 0 Å². The molecule has 98 valence electrons. The predicted octanol–water partition coefficient (Wildman–Crippen LogP) is 0.731. The fraction of sp³-hybridized carbons (Fsp3) is 0.417. The Morgan fingerprint density at radius 1 is 1.61 bits per heavy atom. The van der Waals surface area contributed by atoms with E-state index in [9.17, 15) is 4.79 Å². The normalized spacial score (nSPS) is 13.2. The highest BCUT2D eigenvalue weighted by Crippen LogP contribution is 2.06. The summed E-state index contributed by atoms with van der Waals surface area (Å²) >= 11 is 0. The lowest BCUT2D eigenvalue weighted by Crippen LogP contribution is -2.38. The molecule has 0 saturated heterocycles. The Morgan fingerprint density at radius 2 is 2.28 bits per heavy atom. The van der Waals surface area contributed by atoms with Crippen molar-refractivity contribution in [1.82, 2.24) is 9.88 Å². The minimum Gasteiger partial charge on any atom is -0.409 e. The van der Waals surface area contributed by atoms with Crippen LogP contribution in [-0.4, -0.2) is 33.9 Å². The molecule has 0 radical (unpaired) electrons. The number of nitrogens with zero attached hydrogens (tertiary/aromatic N) is 3. The number of amides is 1. The van der Waals surface area contributed by atoms with Crippen LogP contribution in [0.5, 0.6) is 0 Å². The molecule has 3 N–H and O–H groups in total. The largest absolute Gasteiger partial charge is 0.409 e. The van der Waals surface area contributed by atoms with Crippen molar-refractivity contribution in [3.8, 4) is 0 Å². The molecule has 0 aromatic carbocycles. The second-order valence-corrected chi connectivity index (χ2v) is 4.21. The van der Waals surface area contributed by atoms with E-state index in [-0.39, 0.29) is 11.7 Å². The minimum absolute atomic E-state index is 0.0935. The van der Waals surface area contributed by atoms with Crippen LogP contribution in [0.4, 0.5) is 0 Å². The number of nitrogens with two attached hydrogens (primary N) is 1.